The van der Waals surface area contributed by atoms with Crippen molar-refractivity contribution in [1.29, 1.82) is 0 Å². The summed E-state index contributed by atoms with van der Waals surface area (Å²) in [5.41, 5.74) is -0.219. The fraction of sp³-hybridized carbons (Fsp3) is 0.381. The number of halogens is 4. The van der Waals surface area contributed by atoms with Crippen LogP contribution in [0, 0.1) is 5.82 Å². The summed E-state index contributed by atoms with van der Waals surface area (Å²) in [7, 11) is 0. The van der Waals surface area contributed by atoms with Crippen molar-refractivity contribution in [3.8, 4) is 0 Å². The first-order valence-electron chi connectivity index (χ1n) is 9.49. The van der Waals surface area contributed by atoms with Crippen LogP contribution in [0.3, 0.4) is 0 Å². The molecule has 1 fully saturated rings. The third-order valence-corrected chi connectivity index (χ3v) is 5.02. The zero-order valence-electron chi connectivity index (χ0n) is 16.3. The van der Waals surface area contributed by atoms with Crippen molar-refractivity contribution < 1.29 is 27.2 Å². The van der Waals surface area contributed by atoms with Gasteiger partial charge in [0, 0.05) is 31.8 Å². The van der Waals surface area contributed by atoms with E-state index in [9.17, 15) is 27.2 Å². The van der Waals surface area contributed by atoms with Crippen molar-refractivity contribution >= 4 is 11.8 Å². The molecule has 1 aromatic carbocycles. The number of aromatic nitrogens is 1. The van der Waals surface area contributed by atoms with Gasteiger partial charge in [0.05, 0.1) is 23.7 Å². The van der Waals surface area contributed by atoms with Crippen LogP contribution in [-0.2, 0) is 28.7 Å². The fourth-order valence-electron chi connectivity index (χ4n) is 3.56. The first-order chi connectivity index (χ1) is 14.1. The Kier molecular flexibility index (Phi) is 6.38. The Morgan fingerprint density at radius 3 is 2.57 bits per heavy atom. The number of benzene rings is 1. The summed E-state index contributed by atoms with van der Waals surface area (Å²) in [6.07, 6.45) is -2.33. The van der Waals surface area contributed by atoms with Gasteiger partial charge in [0.1, 0.15) is 5.82 Å². The number of hydrogen-bond acceptors (Lipinski definition) is 3. The predicted octanol–water partition coefficient (Wildman–Crippen LogP) is 3.78. The Labute approximate surface area is 171 Å². The standard InChI is InChI=1S/C21H21F4N3O2/c1-13(29)26-11-15-12-27-18(10-17(15)21(23,24)25)19-3-2-8-28(19)20(30)9-14-4-6-16(22)7-5-14/h4-7,10,12,19H,2-3,8-9,11H2,1H3,(H,26,29). The smallest absolute Gasteiger partial charge is 0.352 e. The Bertz CT molecular complexity index is 929. The molecule has 30 heavy (non-hydrogen) atoms. The van der Waals surface area contributed by atoms with Crippen molar-refractivity contribution in [3.05, 3.63) is 64.7 Å². The van der Waals surface area contributed by atoms with Gasteiger partial charge in [-0.15, -0.1) is 0 Å². The van der Waals surface area contributed by atoms with Gasteiger partial charge in [-0.25, -0.2) is 4.39 Å². The van der Waals surface area contributed by atoms with Gasteiger partial charge in [-0.2, -0.15) is 13.2 Å². The van der Waals surface area contributed by atoms with E-state index in [4.69, 9.17) is 0 Å². The zero-order chi connectivity index (χ0) is 21.9. The van der Waals surface area contributed by atoms with Crippen LogP contribution in [0.25, 0.3) is 0 Å². The average Bonchev–Trinajstić information content (AvgIpc) is 3.17. The normalized spacial score (nSPS) is 16.6. The molecule has 3 rings (SSSR count). The molecule has 1 atom stereocenters. The maximum atomic E-state index is 13.6. The van der Waals surface area contributed by atoms with E-state index in [1.807, 2.05) is 0 Å². The van der Waals surface area contributed by atoms with Gasteiger partial charge < -0.3 is 10.2 Å². The maximum Gasteiger partial charge on any atom is 0.416 e. The van der Waals surface area contributed by atoms with Gasteiger partial charge in [-0.3, -0.25) is 14.6 Å². The minimum Gasteiger partial charge on any atom is -0.352 e. The molecule has 1 aromatic heterocycles. The van der Waals surface area contributed by atoms with E-state index in [0.717, 1.165) is 12.3 Å². The lowest BCUT2D eigenvalue weighted by molar-refractivity contribution is -0.138. The SMILES string of the molecule is CC(=O)NCc1cnc(C2CCCN2C(=O)Cc2ccc(F)cc2)cc1C(F)(F)F. The van der Waals surface area contributed by atoms with E-state index in [1.165, 1.54) is 36.1 Å². The van der Waals surface area contributed by atoms with E-state index in [-0.39, 0.29) is 30.1 Å². The van der Waals surface area contributed by atoms with Gasteiger partial charge in [-0.1, -0.05) is 12.1 Å². The predicted molar refractivity (Wildman–Crippen MR) is 101 cm³/mol. The van der Waals surface area contributed by atoms with Crippen LogP contribution in [-0.4, -0.2) is 28.2 Å². The Balaban J connectivity index is 1.83. The highest BCUT2D eigenvalue weighted by atomic mass is 19.4. The summed E-state index contributed by atoms with van der Waals surface area (Å²) in [4.78, 5) is 29.5. The summed E-state index contributed by atoms with van der Waals surface area (Å²) in [5.74, 6) is -1.10. The molecule has 5 nitrogen and oxygen atoms in total. The number of nitrogens with one attached hydrogen (secondary N) is 1. The number of rotatable bonds is 5. The van der Waals surface area contributed by atoms with Crippen molar-refractivity contribution in [3.63, 3.8) is 0 Å². The molecule has 0 spiro atoms. The highest BCUT2D eigenvalue weighted by Gasteiger charge is 2.37. The maximum absolute atomic E-state index is 13.6. The molecule has 0 radical (unpaired) electrons. The molecule has 1 N–H and O–H groups in total. The number of carbonyl (C=O) groups excluding carboxylic acids is 2. The van der Waals surface area contributed by atoms with Crippen LogP contribution in [0.4, 0.5) is 17.6 Å². The molecule has 1 aliphatic heterocycles. The first kappa shape index (κ1) is 21.7. The molecule has 0 saturated carbocycles. The third kappa shape index (κ3) is 5.14. The lowest BCUT2D eigenvalue weighted by Gasteiger charge is -2.25. The molecule has 2 amide bonds. The Hall–Kier alpha value is -2.97. The number of likely N-dealkylation sites (tertiary alicyclic amines) is 1. The monoisotopic (exact) mass is 423 g/mol. The molecular weight excluding hydrogens is 402 g/mol. The van der Waals surface area contributed by atoms with E-state index in [1.54, 1.807) is 0 Å². The summed E-state index contributed by atoms with van der Waals surface area (Å²) >= 11 is 0. The number of nitrogens with zero attached hydrogens (tertiary/aromatic N) is 2. The molecule has 9 heteroatoms. The lowest BCUT2D eigenvalue weighted by Crippen LogP contribution is -2.32. The second kappa shape index (κ2) is 8.81. The van der Waals surface area contributed by atoms with Crippen LogP contribution >= 0.6 is 0 Å². The van der Waals surface area contributed by atoms with Gasteiger partial charge >= 0.3 is 6.18 Å². The number of amides is 2. The molecule has 2 aromatic rings. The van der Waals surface area contributed by atoms with Gasteiger partial charge in [-0.05, 0) is 36.6 Å². The van der Waals surface area contributed by atoms with E-state index in [0.29, 0.717) is 24.9 Å². The number of carbonyl (C=O) groups is 2. The second-order valence-electron chi connectivity index (χ2n) is 7.22. The molecule has 1 unspecified atom stereocenters. The van der Waals surface area contributed by atoms with Crippen LogP contribution in [0.5, 0.6) is 0 Å². The van der Waals surface area contributed by atoms with Crippen LogP contribution in [0.2, 0.25) is 0 Å². The van der Waals surface area contributed by atoms with E-state index in [2.05, 4.69) is 10.3 Å². The van der Waals surface area contributed by atoms with Gasteiger partial charge in [0.15, 0.2) is 0 Å². The highest BCUT2D eigenvalue weighted by Crippen LogP contribution is 2.37. The number of alkyl halides is 3. The summed E-state index contributed by atoms with van der Waals surface area (Å²) < 4.78 is 53.7. The first-order valence-corrected chi connectivity index (χ1v) is 9.49. The van der Waals surface area contributed by atoms with Crippen molar-refractivity contribution in [2.45, 2.75) is 44.9 Å². The van der Waals surface area contributed by atoms with Gasteiger partial charge in [0.25, 0.3) is 0 Å². The average molecular weight is 423 g/mol. The number of pyridine rings is 1. The molecule has 2 heterocycles. The molecule has 160 valence electrons. The van der Waals surface area contributed by atoms with Crippen molar-refractivity contribution in [2.75, 3.05) is 6.54 Å². The lowest BCUT2D eigenvalue weighted by atomic mass is 10.0. The van der Waals surface area contributed by atoms with Crippen LogP contribution < -0.4 is 5.32 Å². The third-order valence-electron chi connectivity index (χ3n) is 5.02. The minimum absolute atomic E-state index is 0.0313. The van der Waals surface area contributed by atoms with Gasteiger partial charge in [0.2, 0.25) is 11.8 Å². The number of hydrogen-bond donors (Lipinski definition) is 1. The zero-order valence-corrected chi connectivity index (χ0v) is 16.3. The molecule has 0 aliphatic carbocycles. The summed E-state index contributed by atoms with van der Waals surface area (Å²) in [6.45, 7) is 1.36. The van der Waals surface area contributed by atoms with Crippen LogP contribution in [0.1, 0.15) is 48.2 Å². The van der Waals surface area contributed by atoms with Crippen molar-refractivity contribution in [1.82, 2.24) is 15.2 Å². The Morgan fingerprint density at radius 1 is 1.23 bits per heavy atom. The van der Waals surface area contributed by atoms with E-state index < -0.39 is 29.5 Å². The quantitative estimate of drug-likeness (QED) is 0.745. The highest BCUT2D eigenvalue weighted by molar-refractivity contribution is 5.79. The molecule has 1 saturated heterocycles. The largest absolute Gasteiger partial charge is 0.416 e. The molecule has 1 aliphatic rings. The second-order valence-corrected chi connectivity index (χ2v) is 7.22. The molecule has 0 bridgehead atoms. The molecular formula is C21H21F4N3O2. The Morgan fingerprint density at radius 2 is 1.93 bits per heavy atom. The summed E-state index contributed by atoms with van der Waals surface area (Å²) in [6, 6.07) is 5.94. The minimum atomic E-state index is -4.62. The van der Waals surface area contributed by atoms with E-state index >= 15 is 0 Å². The van der Waals surface area contributed by atoms with Crippen molar-refractivity contribution in [2.24, 2.45) is 0 Å². The van der Waals surface area contributed by atoms with Crippen LogP contribution in [0.15, 0.2) is 36.5 Å². The fourth-order valence-corrected chi connectivity index (χ4v) is 3.56. The topological polar surface area (TPSA) is 62.3 Å². The summed E-state index contributed by atoms with van der Waals surface area (Å²) in [5, 5.41) is 2.35.